The summed E-state index contributed by atoms with van der Waals surface area (Å²) in [6.45, 7) is 1.82. The second-order valence-electron chi connectivity index (χ2n) is 7.20. The average Bonchev–Trinajstić information content (AvgIpc) is 2.60. The molecule has 0 rings (SSSR count). The van der Waals surface area contributed by atoms with Crippen molar-refractivity contribution in [2.75, 3.05) is 12.8 Å². The van der Waals surface area contributed by atoms with Gasteiger partial charge in [-0.05, 0) is 6.42 Å². The zero-order chi connectivity index (χ0) is 19.7. The van der Waals surface area contributed by atoms with Crippen LogP contribution in [-0.2, 0) is 13.9 Å². The van der Waals surface area contributed by atoms with E-state index in [2.05, 4.69) is 6.92 Å². The van der Waals surface area contributed by atoms with Crippen LogP contribution in [0.2, 0.25) is 0 Å². The number of hydrogen-bond acceptors (Lipinski definition) is 4. The molecule has 0 aliphatic heterocycles. The summed E-state index contributed by atoms with van der Waals surface area (Å²) >= 11 is 0. The number of carboxylic acid groups (broad SMARTS) is 1. The van der Waals surface area contributed by atoms with Gasteiger partial charge in [-0.15, -0.1) is 0 Å². The van der Waals surface area contributed by atoms with Gasteiger partial charge in [-0.1, -0.05) is 90.4 Å². The SMILES string of the molecule is CCCCCCCCCCCCCCCCP(=O)(O)OC[C@H](N)C(=O)O. The van der Waals surface area contributed by atoms with Gasteiger partial charge in [0.2, 0.25) is 0 Å². The predicted octanol–water partition coefficient (Wildman–Crippen LogP) is 5.08. The number of rotatable bonds is 19. The van der Waals surface area contributed by atoms with Crippen molar-refractivity contribution in [3.8, 4) is 0 Å². The van der Waals surface area contributed by atoms with Gasteiger partial charge in [-0.25, -0.2) is 0 Å². The molecular weight excluding hydrogens is 353 g/mol. The number of nitrogens with two attached hydrogens (primary N) is 1. The van der Waals surface area contributed by atoms with Gasteiger partial charge in [0.15, 0.2) is 0 Å². The molecule has 0 radical (unpaired) electrons. The van der Waals surface area contributed by atoms with Crippen LogP contribution < -0.4 is 5.73 Å². The highest BCUT2D eigenvalue weighted by Gasteiger charge is 2.22. The molecule has 0 aliphatic carbocycles. The standard InChI is InChI=1S/C19H40NO5P/c1-2-3-4-5-6-7-8-9-10-11-12-13-14-15-16-26(23,24)25-17-18(20)19(21)22/h18H,2-17,20H2,1H3,(H,21,22)(H,23,24)/t18-/m0/s1. The van der Waals surface area contributed by atoms with E-state index in [0.29, 0.717) is 6.42 Å². The molecule has 0 saturated carbocycles. The van der Waals surface area contributed by atoms with Crippen LogP contribution in [0.5, 0.6) is 0 Å². The smallest absolute Gasteiger partial charge is 0.328 e. The summed E-state index contributed by atoms with van der Waals surface area (Å²) in [5.41, 5.74) is 5.25. The van der Waals surface area contributed by atoms with Crippen LogP contribution in [0.25, 0.3) is 0 Å². The van der Waals surface area contributed by atoms with E-state index in [1.54, 1.807) is 0 Å². The second-order valence-corrected chi connectivity index (χ2v) is 9.18. The van der Waals surface area contributed by atoms with Gasteiger partial charge in [0.1, 0.15) is 6.04 Å². The van der Waals surface area contributed by atoms with Crippen molar-refractivity contribution in [1.82, 2.24) is 0 Å². The lowest BCUT2D eigenvalue weighted by molar-refractivity contribution is -0.139. The Morgan fingerprint density at radius 3 is 1.65 bits per heavy atom. The largest absolute Gasteiger partial charge is 0.480 e. The number of aliphatic carboxylic acids is 1. The molecule has 0 aromatic heterocycles. The number of carboxylic acids is 1. The maximum absolute atomic E-state index is 11.7. The first-order chi connectivity index (χ1) is 12.4. The summed E-state index contributed by atoms with van der Waals surface area (Å²) in [7, 11) is -3.71. The minimum Gasteiger partial charge on any atom is -0.480 e. The molecule has 0 heterocycles. The lowest BCUT2D eigenvalue weighted by atomic mass is 10.0. The molecule has 26 heavy (non-hydrogen) atoms. The highest BCUT2D eigenvalue weighted by atomic mass is 31.2. The fourth-order valence-electron chi connectivity index (χ4n) is 2.84. The van der Waals surface area contributed by atoms with Crippen LogP contribution in [0.4, 0.5) is 0 Å². The Morgan fingerprint density at radius 1 is 0.885 bits per heavy atom. The summed E-state index contributed by atoms with van der Waals surface area (Å²) in [5, 5.41) is 8.61. The van der Waals surface area contributed by atoms with Gasteiger partial charge in [-0.2, -0.15) is 0 Å². The van der Waals surface area contributed by atoms with Crippen LogP contribution in [0, 0.1) is 0 Å². The lowest BCUT2D eigenvalue weighted by Crippen LogP contribution is -2.34. The zero-order valence-electron chi connectivity index (χ0n) is 16.5. The maximum Gasteiger partial charge on any atom is 0.328 e. The van der Waals surface area contributed by atoms with E-state index >= 15 is 0 Å². The molecule has 6 nitrogen and oxygen atoms in total. The third-order valence-corrected chi connectivity index (χ3v) is 6.00. The summed E-state index contributed by atoms with van der Waals surface area (Å²) in [4.78, 5) is 20.2. The van der Waals surface area contributed by atoms with Crippen molar-refractivity contribution < 1.29 is 23.9 Å². The number of hydrogen-bond donors (Lipinski definition) is 3. The van der Waals surface area contributed by atoms with Gasteiger partial charge in [0.05, 0.1) is 6.61 Å². The quantitative estimate of drug-likeness (QED) is 0.208. The average molecular weight is 394 g/mol. The van der Waals surface area contributed by atoms with Gasteiger partial charge < -0.3 is 20.3 Å². The van der Waals surface area contributed by atoms with Gasteiger partial charge in [0, 0.05) is 6.16 Å². The van der Waals surface area contributed by atoms with E-state index in [9.17, 15) is 14.3 Å². The minimum absolute atomic E-state index is 0.0668. The highest BCUT2D eigenvalue weighted by molar-refractivity contribution is 7.52. The predicted molar refractivity (Wildman–Crippen MR) is 107 cm³/mol. The van der Waals surface area contributed by atoms with Crippen LogP contribution in [0.3, 0.4) is 0 Å². The summed E-state index contributed by atoms with van der Waals surface area (Å²) in [6, 6.07) is -1.26. The number of unbranched alkanes of at least 4 members (excludes halogenated alkanes) is 13. The molecule has 0 saturated heterocycles. The monoisotopic (exact) mass is 393 g/mol. The molecule has 0 aliphatic rings. The molecule has 0 aromatic rings. The van der Waals surface area contributed by atoms with Crippen LogP contribution in [0.15, 0.2) is 0 Å². The normalized spacial score (nSPS) is 14.9. The van der Waals surface area contributed by atoms with E-state index in [1.807, 2.05) is 0 Å². The summed E-state index contributed by atoms with van der Waals surface area (Å²) in [6.07, 6.45) is 17.2. The summed E-state index contributed by atoms with van der Waals surface area (Å²) < 4.78 is 16.5. The second kappa shape index (κ2) is 16.7. The van der Waals surface area contributed by atoms with Gasteiger partial charge >= 0.3 is 13.6 Å². The van der Waals surface area contributed by atoms with Crippen LogP contribution in [0.1, 0.15) is 96.8 Å². The Bertz CT molecular complexity index is 392. The van der Waals surface area contributed by atoms with E-state index in [0.717, 1.165) is 19.3 Å². The zero-order valence-corrected chi connectivity index (χ0v) is 17.4. The fraction of sp³-hybridized carbons (Fsp3) is 0.947. The van der Waals surface area contributed by atoms with Gasteiger partial charge in [0.25, 0.3) is 0 Å². The fourth-order valence-corrected chi connectivity index (χ4v) is 3.98. The lowest BCUT2D eigenvalue weighted by Gasteiger charge is -2.13. The number of carbonyl (C=O) groups is 1. The third-order valence-electron chi connectivity index (χ3n) is 4.57. The van der Waals surface area contributed by atoms with Crippen molar-refractivity contribution in [3.63, 3.8) is 0 Å². The van der Waals surface area contributed by atoms with Crippen molar-refractivity contribution in [3.05, 3.63) is 0 Å². The molecule has 4 N–H and O–H groups in total. The first-order valence-corrected chi connectivity index (χ1v) is 12.1. The molecule has 0 bridgehead atoms. The van der Waals surface area contributed by atoms with Crippen molar-refractivity contribution in [2.24, 2.45) is 5.73 Å². The van der Waals surface area contributed by atoms with E-state index < -0.39 is 26.2 Å². The topological polar surface area (TPSA) is 110 Å². The molecule has 0 spiro atoms. The summed E-state index contributed by atoms with van der Waals surface area (Å²) in [5.74, 6) is -1.23. The minimum atomic E-state index is -3.71. The first-order valence-electron chi connectivity index (χ1n) is 10.3. The third kappa shape index (κ3) is 17.0. The Kier molecular flexibility index (Phi) is 16.5. The van der Waals surface area contributed by atoms with Crippen molar-refractivity contribution in [2.45, 2.75) is 103 Å². The molecule has 0 amide bonds. The molecule has 1 unspecified atom stereocenters. The van der Waals surface area contributed by atoms with Crippen molar-refractivity contribution >= 4 is 13.6 Å². The molecule has 2 atom stereocenters. The molecule has 0 aromatic carbocycles. The Labute approximate surface area is 159 Å². The molecule has 0 fully saturated rings. The van der Waals surface area contributed by atoms with E-state index in [-0.39, 0.29) is 6.16 Å². The van der Waals surface area contributed by atoms with Crippen molar-refractivity contribution in [1.29, 1.82) is 0 Å². The highest BCUT2D eigenvalue weighted by Crippen LogP contribution is 2.42. The Balaban J connectivity index is 3.37. The Morgan fingerprint density at radius 2 is 1.27 bits per heavy atom. The van der Waals surface area contributed by atoms with E-state index in [1.165, 1.54) is 64.2 Å². The van der Waals surface area contributed by atoms with E-state index in [4.69, 9.17) is 15.4 Å². The van der Waals surface area contributed by atoms with Crippen LogP contribution >= 0.6 is 7.60 Å². The molecule has 7 heteroatoms. The molecular formula is C19H40NO5P. The Hall–Kier alpha value is -0.420. The first kappa shape index (κ1) is 25.6. The maximum atomic E-state index is 11.7. The van der Waals surface area contributed by atoms with Gasteiger partial charge in [-0.3, -0.25) is 9.36 Å². The molecule has 156 valence electrons. The van der Waals surface area contributed by atoms with Crippen LogP contribution in [-0.4, -0.2) is 34.8 Å².